The van der Waals surface area contributed by atoms with Crippen LogP contribution < -0.4 is 0 Å². The minimum Gasteiger partial charge on any atom is -0.475 e. The molecule has 2 fully saturated rings. The molecule has 20 heteroatoms. The number of aromatic nitrogens is 2. The summed E-state index contributed by atoms with van der Waals surface area (Å²) >= 11 is 0. The van der Waals surface area contributed by atoms with Gasteiger partial charge < -0.3 is 24.8 Å². The van der Waals surface area contributed by atoms with Gasteiger partial charge in [0.25, 0.3) is 0 Å². The lowest BCUT2D eigenvalue weighted by Gasteiger charge is -2.50. The zero-order valence-electron chi connectivity index (χ0n) is 24.2. The quantitative estimate of drug-likeness (QED) is 0.351. The maximum atomic E-state index is 10.6. The van der Waals surface area contributed by atoms with E-state index in [1.807, 2.05) is 36.8 Å². The van der Waals surface area contributed by atoms with E-state index in [2.05, 4.69) is 27.0 Å². The number of carboxylic acids is 3. The topological polar surface area (TPSA) is 159 Å². The predicted molar refractivity (Wildman–Crippen MR) is 141 cm³/mol. The summed E-state index contributed by atoms with van der Waals surface area (Å²) in [7, 11) is 0. The molecule has 2 unspecified atom stereocenters. The van der Waals surface area contributed by atoms with Gasteiger partial charge in [0.15, 0.2) is 0 Å². The van der Waals surface area contributed by atoms with E-state index in [1.165, 1.54) is 12.0 Å². The summed E-state index contributed by atoms with van der Waals surface area (Å²) in [5, 5.41) is 21.4. The molecule has 2 aliphatic rings. The van der Waals surface area contributed by atoms with Crippen LogP contribution >= 0.6 is 0 Å². The zero-order valence-corrected chi connectivity index (χ0v) is 24.2. The molecule has 0 spiro atoms. The molecular weight excluding hydrogens is 665 g/mol. The summed E-state index contributed by atoms with van der Waals surface area (Å²) < 4.78 is 108. The van der Waals surface area contributed by atoms with Gasteiger partial charge in [-0.2, -0.15) is 39.5 Å². The number of ether oxygens (including phenoxy) is 2. The number of fused-ring (bicyclic) bond motifs is 1. The highest BCUT2D eigenvalue weighted by molar-refractivity contribution is 5.73. The number of halogens is 9. The number of alkyl halides is 9. The largest absolute Gasteiger partial charge is 0.490 e. The highest BCUT2D eigenvalue weighted by Crippen LogP contribution is 2.41. The van der Waals surface area contributed by atoms with Crippen molar-refractivity contribution in [3.05, 3.63) is 60.2 Å². The summed E-state index contributed by atoms with van der Waals surface area (Å²) in [5.74, 6) is -8.27. The lowest BCUT2D eigenvalue weighted by molar-refractivity contribution is -0.193. The van der Waals surface area contributed by atoms with Gasteiger partial charge in [0.2, 0.25) is 0 Å². The lowest BCUT2D eigenvalue weighted by atomic mass is 9.73. The average Bonchev–Trinajstić information content (AvgIpc) is 2.97. The molecule has 2 aromatic heterocycles. The second-order valence-electron chi connectivity index (χ2n) is 9.90. The number of likely N-dealkylation sites (tertiary alicyclic amines) is 1. The van der Waals surface area contributed by atoms with Crippen LogP contribution in [0.3, 0.4) is 0 Å². The highest BCUT2D eigenvalue weighted by atomic mass is 19.4. The van der Waals surface area contributed by atoms with Gasteiger partial charge >= 0.3 is 36.4 Å². The fourth-order valence-corrected chi connectivity index (χ4v) is 4.30. The second-order valence-corrected chi connectivity index (χ2v) is 9.90. The standard InChI is InChI=1S/C21H27N3O2.3C2HF3O2/c1-2-9-23-19(4-1)14-24-12-7-20-21(16-24,8-3-13-26-20)17-25-15-18-5-10-22-11-6-18;3*3-2(4,5)1(6)7/h1-2,4-6,9-11,20H,3,7-8,12-17H2;3*(H,6,7). The molecule has 2 saturated heterocycles. The normalized spacial score (nSPS) is 19.6. The van der Waals surface area contributed by atoms with E-state index in [9.17, 15) is 39.5 Å². The third kappa shape index (κ3) is 15.9. The Kier molecular flexibility index (Phi) is 16.0. The number of aliphatic carboxylic acids is 3. The van der Waals surface area contributed by atoms with Crippen LogP contribution in [-0.2, 0) is 37.0 Å². The molecule has 4 rings (SSSR count). The second kappa shape index (κ2) is 18.3. The third-order valence-corrected chi connectivity index (χ3v) is 6.31. The van der Waals surface area contributed by atoms with Gasteiger partial charge in [-0.1, -0.05) is 6.07 Å². The first-order chi connectivity index (χ1) is 21.7. The number of hydrogen-bond acceptors (Lipinski definition) is 8. The SMILES string of the molecule is O=C(O)C(F)(F)F.O=C(O)C(F)(F)F.O=C(O)C(F)(F)F.c1ccc(CN2CCC3OCCCC3(COCc3ccncc3)C2)nc1. The molecule has 0 aromatic carbocycles. The Labute approximate surface area is 260 Å². The highest BCUT2D eigenvalue weighted by Gasteiger charge is 2.46. The molecule has 0 amide bonds. The van der Waals surface area contributed by atoms with Gasteiger partial charge in [-0.3, -0.25) is 14.9 Å². The lowest BCUT2D eigenvalue weighted by Crippen LogP contribution is -2.56. The summed E-state index contributed by atoms with van der Waals surface area (Å²) in [5.41, 5.74) is 2.40. The summed E-state index contributed by atoms with van der Waals surface area (Å²) in [4.78, 5) is 37.8. The van der Waals surface area contributed by atoms with Crippen molar-refractivity contribution >= 4 is 17.9 Å². The fraction of sp³-hybridized carbons (Fsp3) is 0.519. The molecule has 2 atom stereocenters. The fourth-order valence-electron chi connectivity index (χ4n) is 4.30. The number of nitrogens with zero attached hydrogens (tertiary/aromatic N) is 3. The Morgan fingerprint density at radius 1 is 0.872 bits per heavy atom. The number of carbonyl (C=O) groups is 3. The maximum Gasteiger partial charge on any atom is 0.490 e. The molecule has 47 heavy (non-hydrogen) atoms. The smallest absolute Gasteiger partial charge is 0.475 e. The van der Waals surface area contributed by atoms with Gasteiger partial charge in [0.1, 0.15) is 0 Å². The van der Waals surface area contributed by atoms with Crippen LogP contribution in [0.1, 0.15) is 30.5 Å². The van der Waals surface area contributed by atoms with Crippen molar-refractivity contribution in [3.63, 3.8) is 0 Å². The number of rotatable bonds is 6. The molecular formula is C27H30F9N3O8. The first-order valence-corrected chi connectivity index (χ1v) is 13.3. The van der Waals surface area contributed by atoms with Crippen LogP contribution in [-0.4, -0.2) is 99.0 Å². The first kappa shape index (κ1) is 41.0. The summed E-state index contributed by atoms with van der Waals surface area (Å²) in [6.45, 7) is 5.25. The molecule has 4 heterocycles. The Hall–Kier alpha value is -4.04. The molecule has 0 radical (unpaired) electrons. The number of pyridine rings is 2. The average molecular weight is 696 g/mol. The Balaban J connectivity index is 0.000000430. The van der Waals surface area contributed by atoms with Crippen molar-refractivity contribution in [1.82, 2.24) is 14.9 Å². The minimum atomic E-state index is -5.08. The summed E-state index contributed by atoms with van der Waals surface area (Å²) in [6, 6.07) is 10.2. The molecule has 2 aromatic rings. The Morgan fingerprint density at radius 2 is 1.40 bits per heavy atom. The van der Waals surface area contributed by atoms with E-state index in [4.69, 9.17) is 39.2 Å². The molecule has 264 valence electrons. The third-order valence-electron chi connectivity index (χ3n) is 6.31. The molecule has 3 N–H and O–H groups in total. The Morgan fingerprint density at radius 3 is 1.87 bits per heavy atom. The van der Waals surface area contributed by atoms with E-state index in [1.54, 1.807) is 0 Å². The van der Waals surface area contributed by atoms with E-state index < -0.39 is 36.4 Å². The van der Waals surface area contributed by atoms with Gasteiger partial charge in [0, 0.05) is 50.2 Å². The van der Waals surface area contributed by atoms with Crippen molar-refractivity contribution in [3.8, 4) is 0 Å². The van der Waals surface area contributed by atoms with Crippen LogP contribution in [0.4, 0.5) is 39.5 Å². The predicted octanol–water partition coefficient (Wildman–Crippen LogP) is 4.96. The van der Waals surface area contributed by atoms with Crippen LogP contribution in [0.15, 0.2) is 48.9 Å². The van der Waals surface area contributed by atoms with Gasteiger partial charge in [-0.25, -0.2) is 14.4 Å². The zero-order chi connectivity index (χ0) is 35.9. The number of piperidine rings is 1. The summed E-state index contributed by atoms with van der Waals surface area (Å²) in [6.07, 6.45) is -6.06. The van der Waals surface area contributed by atoms with E-state index in [0.29, 0.717) is 12.7 Å². The molecule has 0 bridgehead atoms. The van der Waals surface area contributed by atoms with Crippen molar-refractivity contribution < 1.29 is 78.7 Å². The molecule has 11 nitrogen and oxygen atoms in total. The first-order valence-electron chi connectivity index (χ1n) is 13.3. The van der Waals surface area contributed by atoms with Crippen LogP contribution in [0.25, 0.3) is 0 Å². The van der Waals surface area contributed by atoms with E-state index >= 15 is 0 Å². The molecule has 0 saturated carbocycles. The van der Waals surface area contributed by atoms with Crippen molar-refractivity contribution in [2.45, 2.75) is 57.0 Å². The van der Waals surface area contributed by atoms with Crippen LogP contribution in [0.2, 0.25) is 0 Å². The monoisotopic (exact) mass is 695 g/mol. The van der Waals surface area contributed by atoms with Crippen LogP contribution in [0.5, 0.6) is 0 Å². The Bertz CT molecular complexity index is 1190. The molecule has 2 aliphatic heterocycles. The van der Waals surface area contributed by atoms with E-state index in [-0.39, 0.29) is 5.41 Å². The van der Waals surface area contributed by atoms with Crippen molar-refractivity contribution in [1.29, 1.82) is 0 Å². The number of carboxylic acid groups (broad SMARTS) is 3. The maximum absolute atomic E-state index is 10.6. The van der Waals surface area contributed by atoms with Gasteiger partial charge in [-0.05, 0) is 49.1 Å². The van der Waals surface area contributed by atoms with Crippen molar-refractivity contribution in [2.24, 2.45) is 5.41 Å². The van der Waals surface area contributed by atoms with E-state index in [0.717, 1.165) is 51.4 Å². The number of hydrogen-bond donors (Lipinski definition) is 3. The molecule has 0 aliphatic carbocycles. The van der Waals surface area contributed by atoms with Crippen molar-refractivity contribution in [2.75, 3.05) is 26.3 Å². The van der Waals surface area contributed by atoms with Gasteiger partial charge in [0.05, 0.1) is 25.0 Å². The van der Waals surface area contributed by atoms with Crippen LogP contribution in [0, 0.1) is 5.41 Å². The van der Waals surface area contributed by atoms with Gasteiger partial charge in [-0.15, -0.1) is 0 Å². The minimum absolute atomic E-state index is 0.0955.